The molecule has 0 saturated carbocycles. The third-order valence-corrected chi connectivity index (χ3v) is 3.52. The Bertz CT molecular complexity index is 1060. The second kappa shape index (κ2) is 7.70. The third-order valence-electron chi connectivity index (χ3n) is 3.31. The topological polar surface area (TPSA) is 103 Å². The molecule has 2 aromatic heterocycles. The molecule has 0 bridgehead atoms. The van der Waals surface area contributed by atoms with Crippen LogP contribution in [0.5, 0.6) is 0 Å². The minimum absolute atomic E-state index is 0.0937. The average molecular weight is 372 g/mol. The van der Waals surface area contributed by atoms with Gasteiger partial charge in [-0.3, -0.25) is 14.6 Å². The van der Waals surface area contributed by atoms with Crippen LogP contribution in [0.25, 0.3) is 11.3 Å². The Morgan fingerprint density at radius 3 is 2.85 bits per heavy atom. The second-order valence-electron chi connectivity index (χ2n) is 5.26. The Morgan fingerprint density at radius 2 is 2.08 bits per heavy atom. The maximum absolute atomic E-state index is 13.7. The molecule has 0 saturated heterocycles. The number of benzene rings is 1. The molecule has 0 fully saturated rings. The van der Waals surface area contributed by atoms with Gasteiger partial charge in [-0.2, -0.15) is 5.10 Å². The number of hydrazone groups is 1. The number of nitrogens with one attached hydrogen (secondary N) is 3. The zero-order valence-corrected chi connectivity index (χ0v) is 14.1. The Kier molecular flexibility index (Phi) is 5.18. The van der Waals surface area contributed by atoms with Gasteiger partial charge in [0, 0.05) is 11.8 Å². The first-order valence-electron chi connectivity index (χ1n) is 7.50. The number of aromatic amines is 2. The van der Waals surface area contributed by atoms with Gasteiger partial charge in [0.2, 0.25) is 5.91 Å². The summed E-state index contributed by atoms with van der Waals surface area (Å²) < 4.78 is 19.3. The van der Waals surface area contributed by atoms with Crippen molar-refractivity contribution in [3.05, 3.63) is 74.9 Å². The van der Waals surface area contributed by atoms with Crippen LogP contribution in [0.1, 0.15) is 11.5 Å². The van der Waals surface area contributed by atoms with E-state index in [9.17, 15) is 14.0 Å². The standard InChI is InChI=1S/C17H13FN4O3S/c18-13-4-2-1-3-12(13)14-6-5-11(25-14)9-19-22-16(24)8-10-7-15(23)21-17(26)20-10/h1-7,9H,8H2,(H,22,24)(H2,20,21,23,26)/b19-9-. The van der Waals surface area contributed by atoms with E-state index in [0.717, 1.165) is 0 Å². The summed E-state index contributed by atoms with van der Waals surface area (Å²) in [4.78, 5) is 28.2. The zero-order valence-electron chi connectivity index (χ0n) is 13.3. The van der Waals surface area contributed by atoms with Crippen molar-refractivity contribution in [1.29, 1.82) is 0 Å². The van der Waals surface area contributed by atoms with Crippen LogP contribution in [-0.2, 0) is 11.2 Å². The molecule has 0 unspecified atom stereocenters. The van der Waals surface area contributed by atoms with Gasteiger partial charge in [0.1, 0.15) is 17.3 Å². The lowest BCUT2D eigenvalue weighted by atomic mass is 10.1. The number of nitrogens with zero attached hydrogens (tertiary/aromatic N) is 1. The molecule has 0 aliphatic carbocycles. The molecule has 0 spiro atoms. The number of carbonyl (C=O) groups excluding carboxylic acids is 1. The highest BCUT2D eigenvalue weighted by Crippen LogP contribution is 2.24. The molecule has 2 heterocycles. The molecule has 1 aromatic carbocycles. The normalized spacial score (nSPS) is 11.0. The maximum atomic E-state index is 13.7. The molecule has 0 aliphatic heterocycles. The largest absolute Gasteiger partial charge is 0.455 e. The van der Waals surface area contributed by atoms with E-state index >= 15 is 0 Å². The molecule has 7 nitrogen and oxygen atoms in total. The number of hydrogen-bond donors (Lipinski definition) is 3. The van der Waals surface area contributed by atoms with Gasteiger partial charge in [-0.1, -0.05) is 12.1 Å². The average Bonchev–Trinajstić information content (AvgIpc) is 3.03. The lowest BCUT2D eigenvalue weighted by Gasteiger charge is -2.00. The molecule has 1 amide bonds. The highest BCUT2D eigenvalue weighted by atomic mass is 32.1. The van der Waals surface area contributed by atoms with Crippen molar-refractivity contribution in [1.82, 2.24) is 15.4 Å². The van der Waals surface area contributed by atoms with E-state index in [4.69, 9.17) is 16.6 Å². The number of halogens is 1. The van der Waals surface area contributed by atoms with Crippen molar-refractivity contribution in [2.45, 2.75) is 6.42 Å². The smallest absolute Gasteiger partial charge is 0.251 e. The van der Waals surface area contributed by atoms with Gasteiger partial charge >= 0.3 is 0 Å². The Labute approximate surface area is 151 Å². The molecule has 3 N–H and O–H groups in total. The summed E-state index contributed by atoms with van der Waals surface area (Å²) in [6.07, 6.45) is 1.20. The summed E-state index contributed by atoms with van der Waals surface area (Å²) >= 11 is 4.83. The van der Waals surface area contributed by atoms with Gasteiger partial charge in [0.25, 0.3) is 5.56 Å². The van der Waals surface area contributed by atoms with E-state index in [1.807, 2.05) is 0 Å². The quantitative estimate of drug-likeness (QED) is 0.364. The molecule has 3 aromatic rings. The minimum atomic E-state index is -0.446. The van der Waals surface area contributed by atoms with Crippen LogP contribution in [0.15, 0.2) is 56.8 Å². The highest BCUT2D eigenvalue weighted by Gasteiger charge is 2.08. The number of furan rings is 1. The van der Waals surface area contributed by atoms with Crippen LogP contribution < -0.4 is 11.0 Å². The summed E-state index contributed by atoms with van der Waals surface area (Å²) in [6.45, 7) is 0. The van der Waals surface area contributed by atoms with Crippen molar-refractivity contribution >= 4 is 24.3 Å². The molecule has 9 heteroatoms. The number of aromatic nitrogens is 2. The Morgan fingerprint density at radius 1 is 1.27 bits per heavy atom. The third kappa shape index (κ3) is 4.39. The lowest BCUT2D eigenvalue weighted by molar-refractivity contribution is -0.120. The Balaban J connectivity index is 1.62. The van der Waals surface area contributed by atoms with Crippen LogP contribution in [0.4, 0.5) is 4.39 Å². The monoisotopic (exact) mass is 372 g/mol. The highest BCUT2D eigenvalue weighted by molar-refractivity contribution is 7.71. The number of rotatable bonds is 5. The predicted molar refractivity (Wildman–Crippen MR) is 95.8 cm³/mol. The molecule has 0 radical (unpaired) electrons. The van der Waals surface area contributed by atoms with E-state index in [2.05, 4.69) is 20.5 Å². The van der Waals surface area contributed by atoms with Gasteiger partial charge in [0.05, 0.1) is 18.2 Å². The minimum Gasteiger partial charge on any atom is -0.455 e. The molecule has 132 valence electrons. The van der Waals surface area contributed by atoms with Gasteiger partial charge < -0.3 is 9.40 Å². The van der Waals surface area contributed by atoms with E-state index in [1.54, 1.807) is 30.3 Å². The van der Waals surface area contributed by atoms with Crippen molar-refractivity contribution in [3.8, 4) is 11.3 Å². The second-order valence-corrected chi connectivity index (χ2v) is 5.67. The molecule has 0 aliphatic rings. The van der Waals surface area contributed by atoms with Crippen LogP contribution in [0.3, 0.4) is 0 Å². The number of hydrogen-bond acceptors (Lipinski definition) is 5. The van der Waals surface area contributed by atoms with E-state index in [1.165, 1.54) is 18.3 Å². The van der Waals surface area contributed by atoms with Crippen LogP contribution in [0, 0.1) is 10.6 Å². The molecular weight excluding hydrogens is 359 g/mol. The van der Waals surface area contributed by atoms with Gasteiger partial charge in [0.15, 0.2) is 4.77 Å². The van der Waals surface area contributed by atoms with Crippen LogP contribution >= 0.6 is 12.2 Å². The van der Waals surface area contributed by atoms with Gasteiger partial charge in [-0.05, 0) is 36.5 Å². The molecule has 26 heavy (non-hydrogen) atoms. The summed E-state index contributed by atoms with van der Waals surface area (Å²) in [7, 11) is 0. The fourth-order valence-electron chi connectivity index (χ4n) is 2.22. The first kappa shape index (κ1) is 17.5. The van der Waals surface area contributed by atoms with Crippen molar-refractivity contribution in [2.75, 3.05) is 0 Å². The Hall–Kier alpha value is -3.33. The summed E-state index contributed by atoms with van der Waals surface area (Å²) in [5.41, 5.74) is 2.62. The van der Waals surface area contributed by atoms with Crippen LogP contribution in [-0.4, -0.2) is 22.1 Å². The fraction of sp³-hybridized carbons (Fsp3) is 0.0588. The summed E-state index contributed by atoms with van der Waals surface area (Å²) in [5, 5.41) is 3.77. The summed E-state index contributed by atoms with van der Waals surface area (Å²) in [5.74, 6) is -0.140. The first-order valence-corrected chi connectivity index (χ1v) is 7.91. The summed E-state index contributed by atoms with van der Waals surface area (Å²) in [6, 6.07) is 10.7. The van der Waals surface area contributed by atoms with Gasteiger partial charge in [-0.15, -0.1) is 0 Å². The van der Waals surface area contributed by atoms with E-state index in [-0.39, 0.29) is 11.2 Å². The van der Waals surface area contributed by atoms with Crippen molar-refractivity contribution in [3.63, 3.8) is 0 Å². The van der Waals surface area contributed by atoms with Crippen molar-refractivity contribution in [2.24, 2.45) is 5.10 Å². The fourth-order valence-corrected chi connectivity index (χ4v) is 2.45. The molecular formula is C17H13FN4O3S. The number of amides is 1. The van der Waals surface area contributed by atoms with Gasteiger partial charge in [-0.25, -0.2) is 9.82 Å². The number of carbonyl (C=O) groups is 1. The molecule has 3 rings (SSSR count). The maximum Gasteiger partial charge on any atom is 0.251 e. The van der Waals surface area contributed by atoms with E-state index < -0.39 is 17.3 Å². The SMILES string of the molecule is O=C(Cc1cc(=O)[nH]c(=S)[nH]1)N/N=C\c1ccc(-c2ccccc2F)o1. The first-order chi connectivity index (χ1) is 12.5. The van der Waals surface area contributed by atoms with Crippen molar-refractivity contribution < 1.29 is 13.6 Å². The zero-order chi connectivity index (χ0) is 18.5. The van der Waals surface area contributed by atoms with E-state index in [0.29, 0.717) is 22.8 Å². The number of H-pyrrole nitrogens is 2. The predicted octanol–water partition coefficient (Wildman–Crippen LogP) is 2.52. The van der Waals surface area contributed by atoms with Crippen LogP contribution in [0.2, 0.25) is 0 Å². The molecule has 0 atom stereocenters. The lowest BCUT2D eigenvalue weighted by Crippen LogP contribution is -2.21.